The van der Waals surface area contributed by atoms with Crippen molar-refractivity contribution in [3.63, 3.8) is 0 Å². The van der Waals surface area contributed by atoms with Crippen molar-refractivity contribution in [2.75, 3.05) is 18.7 Å². The maximum absolute atomic E-state index is 12.9. The molecule has 1 aromatic carbocycles. The predicted octanol–water partition coefficient (Wildman–Crippen LogP) is 2.50. The molecule has 0 atom stereocenters. The minimum atomic E-state index is -0.580. The molecule has 0 radical (unpaired) electrons. The van der Waals surface area contributed by atoms with E-state index in [0.29, 0.717) is 29.7 Å². The number of H-pyrrole nitrogens is 1. The van der Waals surface area contributed by atoms with Crippen LogP contribution < -0.4 is 26.0 Å². The third kappa shape index (κ3) is 3.42. The smallest absolute Gasteiger partial charge is 0.334 e. The van der Waals surface area contributed by atoms with Gasteiger partial charge in [0.2, 0.25) is 12.7 Å². The molecule has 1 aliphatic heterocycles. The fraction of sp³-hybridized carbons (Fsp3) is 0.333. The van der Waals surface area contributed by atoms with Crippen molar-refractivity contribution in [3.05, 3.63) is 56.9 Å². The van der Waals surface area contributed by atoms with E-state index in [0.717, 1.165) is 23.8 Å². The zero-order valence-corrected chi connectivity index (χ0v) is 16.3. The fourth-order valence-electron chi connectivity index (χ4n) is 3.81. The molecule has 1 aliphatic carbocycles. The second kappa shape index (κ2) is 7.66. The van der Waals surface area contributed by atoms with Crippen molar-refractivity contribution in [1.29, 1.82) is 0 Å². The van der Waals surface area contributed by atoms with Crippen molar-refractivity contribution in [2.24, 2.45) is 0 Å². The standard InChI is InChI=1S/C21H21N5O4/c27-19-15-11-23-20(22-9-8-13-4-2-1-3-5-13)24-18(15)25-21(28)26(19)14-6-7-16-17(10-14)30-12-29-16/h4,6-7,10-11H,1-3,5,8-9,12H2,(H2,22,23,24,25,28). The highest BCUT2D eigenvalue weighted by molar-refractivity contribution is 5.73. The van der Waals surface area contributed by atoms with E-state index in [1.54, 1.807) is 18.2 Å². The molecule has 0 amide bonds. The van der Waals surface area contributed by atoms with Crippen molar-refractivity contribution in [3.8, 4) is 17.2 Å². The number of hydrogen-bond donors (Lipinski definition) is 2. The lowest BCUT2D eigenvalue weighted by molar-refractivity contribution is 0.174. The molecule has 0 bridgehead atoms. The Labute approximate surface area is 171 Å². The van der Waals surface area contributed by atoms with E-state index in [-0.39, 0.29) is 17.8 Å². The van der Waals surface area contributed by atoms with Gasteiger partial charge < -0.3 is 14.8 Å². The highest BCUT2D eigenvalue weighted by Gasteiger charge is 2.17. The van der Waals surface area contributed by atoms with Gasteiger partial charge >= 0.3 is 5.69 Å². The number of aromatic amines is 1. The first-order valence-corrected chi connectivity index (χ1v) is 10.0. The van der Waals surface area contributed by atoms with Gasteiger partial charge in [0.1, 0.15) is 5.39 Å². The van der Waals surface area contributed by atoms with Crippen molar-refractivity contribution in [2.45, 2.75) is 32.1 Å². The number of aromatic nitrogens is 4. The molecular formula is C21H21N5O4. The van der Waals surface area contributed by atoms with Crippen LogP contribution in [0.25, 0.3) is 16.7 Å². The molecule has 0 saturated carbocycles. The normalized spacial score (nSPS) is 15.3. The molecule has 0 saturated heterocycles. The van der Waals surface area contributed by atoms with Gasteiger partial charge in [-0.1, -0.05) is 11.6 Å². The fourth-order valence-corrected chi connectivity index (χ4v) is 3.81. The Bertz CT molecular complexity index is 1260. The number of hydrogen-bond acceptors (Lipinski definition) is 7. The molecule has 5 rings (SSSR count). The Balaban J connectivity index is 1.42. The molecule has 2 N–H and O–H groups in total. The average Bonchev–Trinajstić information content (AvgIpc) is 3.22. The van der Waals surface area contributed by atoms with Crippen LogP contribution in [0.4, 0.5) is 5.95 Å². The molecule has 0 spiro atoms. The van der Waals surface area contributed by atoms with Crippen molar-refractivity contribution in [1.82, 2.24) is 19.5 Å². The molecule has 0 fully saturated rings. The lowest BCUT2D eigenvalue weighted by Crippen LogP contribution is -2.34. The second-order valence-electron chi connectivity index (χ2n) is 7.35. The molecule has 30 heavy (non-hydrogen) atoms. The number of allylic oxidation sites excluding steroid dienone is 1. The molecule has 3 heterocycles. The summed E-state index contributed by atoms with van der Waals surface area (Å²) in [5.41, 5.74) is 0.969. The van der Waals surface area contributed by atoms with Gasteiger partial charge in [-0.2, -0.15) is 4.98 Å². The zero-order valence-electron chi connectivity index (χ0n) is 16.3. The maximum Gasteiger partial charge on any atom is 0.334 e. The van der Waals surface area contributed by atoms with E-state index in [9.17, 15) is 9.59 Å². The second-order valence-corrected chi connectivity index (χ2v) is 7.35. The summed E-state index contributed by atoms with van der Waals surface area (Å²) >= 11 is 0. The summed E-state index contributed by atoms with van der Waals surface area (Å²) in [4.78, 5) is 36.8. The van der Waals surface area contributed by atoms with Gasteiger partial charge in [0.15, 0.2) is 17.1 Å². The summed E-state index contributed by atoms with van der Waals surface area (Å²) in [6.45, 7) is 0.818. The number of anilines is 1. The molecule has 2 aliphatic rings. The summed E-state index contributed by atoms with van der Waals surface area (Å²) in [5.74, 6) is 1.45. The van der Waals surface area contributed by atoms with Crippen LogP contribution in [0.15, 0.2) is 45.6 Å². The summed E-state index contributed by atoms with van der Waals surface area (Å²) < 4.78 is 11.7. The van der Waals surface area contributed by atoms with Crippen LogP contribution in [-0.2, 0) is 0 Å². The van der Waals surface area contributed by atoms with Gasteiger partial charge in [-0.3, -0.25) is 9.78 Å². The molecule has 3 aromatic rings. The van der Waals surface area contributed by atoms with Gasteiger partial charge in [0.25, 0.3) is 5.56 Å². The number of nitrogens with zero attached hydrogens (tertiary/aromatic N) is 3. The quantitative estimate of drug-likeness (QED) is 0.625. The van der Waals surface area contributed by atoms with Crippen LogP contribution in [0.3, 0.4) is 0 Å². The highest BCUT2D eigenvalue weighted by atomic mass is 16.7. The van der Waals surface area contributed by atoms with E-state index in [4.69, 9.17) is 9.47 Å². The summed E-state index contributed by atoms with van der Waals surface area (Å²) in [5, 5.41) is 3.40. The van der Waals surface area contributed by atoms with Crippen LogP contribution in [0.5, 0.6) is 11.5 Å². The number of fused-ring (bicyclic) bond motifs is 2. The number of benzene rings is 1. The van der Waals surface area contributed by atoms with Crippen molar-refractivity contribution >= 4 is 17.0 Å². The van der Waals surface area contributed by atoms with Gasteiger partial charge in [0.05, 0.1) is 5.69 Å². The zero-order chi connectivity index (χ0) is 20.5. The minimum Gasteiger partial charge on any atom is -0.454 e. The van der Waals surface area contributed by atoms with E-state index < -0.39 is 11.2 Å². The molecule has 9 heteroatoms. The monoisotopic (exact) mass is 407 g/mol. The minimum absolute atomic E-state index is 0.114. The predicted molar refractivity (Wildman–Crippen MR) is 112 cm³/mol. The molecule has 154 valence electrons. The Kier molecular flexibility index (Phi) is 4.70. The van der Waals surface area contributed by atoms with Crippen LogP contribution >= 0.6 is 0 Å². The maximum atomic E-state index is 12.9. The first-order valence-electron chi connectivity index (χ1n) is 10.0. The number of nitrogens with one attached hydrogen (secondary N) is 2. The Morgan fingerprint density at radius 3 is 2.93 bits per heavy atom. The lowest BCUT2D eigenvalue weighted by atomic mass is 9.97. The summed E-state index contributed by atoms with van der Waals surface area (Å²) in [6.07, 6.45) is 9.49. The van der Waals surface area contributed by atoms with E-state index >= 15 is 0 Å². The van der Waals surface area contributed by atoms with E-state index in [1.807, 2.05) is 0 Å². The molecular weight excluding hydrogens is 386 g/mol. The van der Waals surface area contributed by atoms with Crippen LogP contribution in [0.2, 0.25) is 0 Å². The van der Waals surface area contributed by atoms with Gasteiger partial charge in [0, 0.05) is 18.8 Å². The van der Waals surface area contributed by atoms with E-state index in [1.165, 1.54) is 24.6 Å². The third-order valence-electron chi connectivity index (χ3n) is 5.38. The Morgan fingerprint density at radius 1 is 1.17 bits per heavy atom. The van der Waals surface area contributed by atoms with Crippen LogP contribution in [0, 0.1) is 0 Å². The SMILES string of the molecule is O=c1[nH]c2nc(NCCC3=CCCCC3)ncc2c(=O)n1-c1ccc2c(c1)OCO2. The highest BCUT2D eigenvalue weighted by Crippen LogP contribution is 2.33. The average molecular weight is 407 g/mol. The number of ether oxygens (including phenoxy) is 2. The first-order chi connectivity index (χ1) is 14.7. The van der Waals surface area contributed by atoms with Gasteiger partial charge in [-0.15, -0.1) is 0 Å². The number of rotatable bonds is 5. The van der Waals surface area contributed by atoms with Crippen LogP contribution in [0.1, 0.15) is 32.1 Å². The largest absolute Gasteiger partial charge is 0.454 e. The topological polar surface area (TPSA) is 111 Å². The van der Waals surface area contributed by atoms with Gasteiger partial charge in [-0.05, 0) is 44.2 Å². The molecule has 9 nitrogen and oxygen atoms in total. The Morgan fingerprint density at radius 2 is 2.07 bits per heavy atom. The van der Waals surface area contributed by atoms with Crippen LogP contribution in [-0.4, -0.2) is 32.9 Å². The Hall–Kier alpha value is -3.62. The van der Waals surface area contributed by atoms with Gasteiger partial charge in [-0.25, -0.2) is 14.3 Å². The van der Waals surface area contributed by atoms with E-state index in [2.05, 4.69) is 26.3 Å². The third-order valence-corrected chi connectivity index (χ3v) is 5.38. The molecule has 2 aromatic heterocycles. The summed E-state index contributed by atoms with van der Waals surface area (Å²) in [6, 6.07) is 4.90. The first kappa shape index (κ1) is 18.4. The lowest BCUT2D eigenvalue weighted by Gasteiger charge is -2.13. The molecule has 0 unspecified atom stereocenters. The summed E-state index contributed by atoms with van der Waals surface area (Å²) in [7, 11) is 0. The van der Waals surface area contributed by atoms with Crippen molar-refractivity contribution < 1.29 is 9.47 Å².